The highest BCUT2D eigenvalue weighted by atomic mass is 28.4. The molecule has 3 heteroatoms. The molecule has 0 saturated heterocycles. The molecular weight excluding hydrogens is 324 g/mol. The first-order chi connectivity index (χ1) is 11.9. The quantitative estimate of drug-likeness (QED) is 0.600. The van der Waals surface area contributed by atoms with Gasteiger partial charge in [0.15, 0.2) is 0 Å². The molecule has 3 rings (SSSR count). The maximum atomic E-state index is 6.86. The van der Waals surface area contributed by atoms with Gasteiger partial charge >= 0.3 is 0 Å². The van der Waals surface area contributed by atoms with Crippen LogP contribution < -0.4 is 10.4 Å². The molecule has 0 unspecified atom stereocenters. The Hall–Kier alpha value is -1.68. The molecule has 0 amide bonds. The van der Waals surface area contributed by atoms with Crippen molar-refractivity contribution in [2.75, 3.05) is 6.61 Å². The van der Waals surface area contributed by atoms with Crippen molar-refractivity contribution in [1.29, 1.82) is 0 Å². The average Bonchev–Trinajstić information content (AvgIpc) is 3.02. The second kappa shape index (κ2) is 7.28. The van der Waals surface area contributed by atoms with Crippen LogP contribution in [0.3, 0.4) is 0 Å². The van der Waals surface area contributed by atoms with Gasteiger partial charge in [0, 0.05) is 0 Å². The van der Waals surface area contributed by atoms with Crippen LogP contribution in [0.25, 0.3) is 0 Å². The third-order valence-electron chi connectivity index (χ3n) is 4.87. The van der Waals surface area contributed by atoms with Crippen LogP contribution in [0.4, 0.5) is 0 Å². The highest BCUT2D eigenvalue weighted by molar-refractivity contribution is 6.99. The molecule has 2 nitrogen and oxygen atoms in total. The average molecular weight is 353 g/mol. The third-order valence-corrected chi connectivity index (χ3v) is 9.87. The van der Waals surface area contributed by atoms with E-state index in [1.54, 1.807) is 0 Å². The SMILES string of the molecule is C[C@H]1C=C[C@@H](CO[Si](c2ccccc2)(c2ccccc2)C(C)(C)C)O1. The van der Waals surface area contributed by atoms with E-state index < -0.39 is 8.32 Å². The van der Waals surface area contributed by atoms with Crippen molar-refractivity contribution < 1.29 is 9.16 Å². The Labute approximate surface area is 152 Å². The zero-order valence-corrected chi connectivity index (χ0v) is 16.6. The molecule has 1 heterocycles. The van der Waals surface area contributed by atoms with Crippen LogP contribution in [0, 0.1) is 0 Å². The molecule has 0 bridgehead atoms. The van der Waals surface area contributed by atoms with Gasteiger partial charge in [-0.3, -0.25) is 0 Å². The van der Waals surface area contributed by atoms with Crippen LogP contribution in [0.1, 0.15) is 27.7 Å². The fraction of sp³-hybridized carbons (Fsp3) is 0.364. The molecule has 0 aliphatic carbocycles. The van der Waals surface area contributed by atoms with E-state index >= 15 is 0 Å². The molecule has 0 radical (unpaired) electrons. The van der Waals surface area contributed by atoms with Crippen LogP contribution in [-0.2, 0) is 9.16 Å². The molecule has 0 fully saturated rings. The van der Waals surface area contributed by atoms with Crippen molar-refractivity contribution in [1.82, 2.24) is 0 Å². The van der Waals surface area contributed by atoms with Gasteiger partial charge in [0.2, 0.25) is 0 Å². The van der Waals surface area contributed by atoms with Gasteiger partial charge in [-0.25, -0.2) is 0 Å². The van der Waals surface area contributed by atoms with E-state index in [4.69, 9.17) is 9.16 Å². The maximum Gasteiger partial charge on any atom is 0.261 e. The van der Waals surface area contributed by atoms with E-state index in [1.165, 1.54) is 10.4 Å². The van der Waals surface area contributed by atoms with Crippen molar-refractivity contribution in [3.05, 3.63) is 72.8 Å². The Kier molecular flexibility index (Phi) is 5.28. The molecule has 1 aliphatic rings. The van der Waals surface area contributed by atoms with Crippen molar-refractivity contribution in [3.8, 4) is 0 Å². The summed E-state index contributed by atoms with van der Waals surface area (Å²) < 4.78 is 12.8. The summed E-state index contributed by atoms with van der Waals surface area (Å²) in [6.45, 7) is 9.56. The van der Waals surface area contributed by atoms with Crippen LogP contribution in [-0.4, -0.2) is 27.1 Å². The van der Waals surface area contributed by atoms with Gasteiger partial charge in [-0.05, 0) is 22.3 Å². The van der Waals surface area contributed by atoms with Crippen LogP contribution in [0.2, 0.25) is 5.04 Å². The largest absolute Gasteiger partial charge is 0.404 e. The van der Waals surface area contributed by atoms with Crippen molar-refractivity contribution in [3.63, 3.8) is 0 Å². The minimum atomic E-state index is -2.45. The fourth-order valence-electron chi connectivity index (χ4n) is 3.71. The molecule has 2 atom stereocenters. The van der Waals surface area contributed by atoms with E-state index in [2.05, 4.69) is 101 Å². The van der Waals surface area contributed by atoms with Gasteiger partial charge in [0.25, 0.3) is 8.32 Å². The van der Waals surface area contributed by atoms with Gasteiger partial charge < -0.3 is 9.16 Å². The standard InChI is InChI=1S/C22H28O2Si/c1-18-15-16-19(24-18)17-23-25(22(2,3)4,20-11-7-5-8-12-20)21-13-9-6-10-14-21/h5-16,18-19H,17H2,1-4H3/t18-,19-/m0/s1. The van der Waals surface area contributed by atoms with Gasteiger partial charge in [0.05, 0.1) is 18.8 Å². The lowest BCUT2D eigenvalue weighted by Crippen LogP contribution is -2.67. The summed E-state index contributed by atoms with van der Waals surface area (Å²) in [7, 11) is -2.45. The zero-order chi connectivity index (χ0) is 17.9. The summed E-state index contributed by atoms with van der Waals surface area (Å²) in [5.74, 6) is 0. The lowest BCUT2D eigenvalue weighted by Gasteiger charge is -2.43. The van der Waals surface area contributed by atoms with E-state index in [0.29, 0.717) is 6.61 Å². The lowest BCUT2D eigenvalue weighted by molar-refractivity contribution is 0.0382. The predicted molar refractivity (Wildman–Crippen MR) is 107 cm³/mol. The fourth-order valence-corrected chi connectivity index (χ4v) is 8.28. The number of benzene rings is 2. The van der Waals surface area contributed by atoms with E-state index in [9.17, 15) is 0 Å². The summed E-state index contributed by atoms with van der Waals surface area (Å²) >= 11 is 0. The van der Waals surface area contributed by atoms with E-state index in [-0.39, 0.29) is 17.2 Å². The molecule has 2 aromatic rings. The Bertz CT molecular complexity index is 664. The number of ether oxygens (including phenoxy) is 1. The maximum absolute atomic E-state index is 6.86. The number of rotatable bonds is 5. The van der Waals surface area contributed by atoms with Gasteiger partial charge in [-0.2, -0.15) is 0 Å². The third kappa shape index (κ3) is 3.64. The minimum Gasteiger partial charge on any atom is -0.404 e. The highest BCUT2D eigenvalue weighted by Crippen LogP contribution is 2.37. The number of hydrogen-bond donors (Lipinski definition) is 0. The molecule has 0 spiro atoms. The van der Waals surface area contributed by atoms with E-state index in [0.717, 1.165) is 0 Å². The monoisotopic (exact) mass is 352 g/mol. The Morgan fingerprint density at radius 2 is 1.40 bits per heavy atom. The first kappa shape index (κ1) is 18.1. The van der Waals surface area contributed by atoms with Crippen LogP contribution in [0.5, 0.6) is 0 Å². The molecule has 1 aliphatic heterocycles. The predicted octanol–water partition coefficient (Wildman–Crippen LogP) is 3.91. The van der Waals surface area contributed by atoms with Gasteiger partial charge in [-0.1, -0.05) is 93.6 Å². The van der Waals surface area contributed by atoms with Crippen LogP contribution >= 0.6 is 0 Å². The normalized spacial score (nSPS) is 20.8. The Morgan fingerprint density at radius 1 is 0.880 bits per heavy atom. The Balaban J connectivity index is 2.04. The summed E-state index contributed by atoms with van der Waals surface area (Å²) in [5.41, 5.74) is 0. The second-order valence-electron chi connectivity index (χ2n) is 7.74. The Morgan fingerprint density at radius 3 is 1.80 bits per heavy atom. The summed E-state index contributed by atoms with van der Waals surface area (Å²) in [6, 6.07) is 21.5. The van der Waals surface area contributed by atoms with Crippen molar-refractivity contribution in [2.24, 2.45) is 0 Å². The summed E-state index contributed by atoms with van der Waals surface area (Å²) in [5, 5.41) is 2.62. The molecule has 25 heavy (non-hydrogen) atoms. The topological polar surface area (TPSA) is 18.5 Å². The van der Waals surface area contributed by atoms with Gasteiger partial charge in [-0.15, -0.1) is 0 Å². The summed E-state index contributed by atoms with van der Waals surface area (Å²) in [6.07, 6.45) is 4.45. The summed E-state index contributed by atoms with van der Waals surface area (Å²) in [4.78, 5) is 0. The van der Waals surface area contributed by atoms with Gasteiger partial charge in [0.1, 0.15) is 0 Å². The molecule has 0 N–H and O–H groups in total. The van der Waals surface area contributed by atoms with E-state index in [1.807, 2.05) is 0 Å². The minimum absolute atomic E-state index is 0.00361. The molecule has 0 saturated carbocycles. The van der Waals surface area contributed by atoms with Crippen molar-refractivity contribution >= 4 is 18.7 Å². The van der Waals surface area contributed by atoms with Crippen LogP contribution in [0.15, 0.2) is 72.8 Å². The molecule has 2 aromatic carbocycles. The zero-order valence-electron chi connectivity index (χ0n) is 15.6. The second-order valence-corrected chi connectivity index (χ2v) is 12.0. The number of hydrogen-bond acceptors (Lipinski definition) is 2. The highest BCUT2D eigenvalue weighted by Gasteiger charge is 2.50. The first-order valence-corrected chi connectivity index (χ1v) is 10.9. The molecule has 0 aromatic heterocycles. The lowest BCUT2D eigenvalue weighted by atomic mass is 10.2. The first-order valence-electron chi connectivity index (χ1n) is 9.02. The van der Waals surface area contributed by atoms with Crippen molar-refractivity contribution in [2.45, 2.75) is 44.9 Å². The molecule has 132 valence electrons. The molecular formula is C22H28O2Si. The smallest absolute Gasteiger partial charge is 0.261 e.